The minimum absolute atomic E-state index is 0.0209. The van der Waals surface area contributed by atoms with Gasteiger partial charge in [-0.05, 0) is 70.1 Å². The van der Waals surface area contributed by atoms with Crippen molar-refractivity contribution in [3.63, 3.8) is 0 Å². The number of carboxylic acid groups (broad SMARTS) is 1. The lowest BCUT2D eigenvalue weighted by Crippen LogP contribution is -2.14. The minimum Gasteiger partial charge on any atom is -0.496 e. The maximum Gasteiger partial charge on any atom is 0.339 e. The molecule has 5 heteroatoms. The van der Waals surface area contributed by atoms with E-state index in [-0.39, 0.29) is 11.3 Å². The van der Waals surface area contributed by atoms with Crippen LogP contribution in [0, 0.1) is 0 Å². The summed E-state index contributed by atoms with van der Waals surface area (Å²) in [6.07, 6.45) is 7.62. The van der Waals surface area contributed by atoms with Gasteiger partial charge in [0.25, 0.3) is 0 Å². The zero-order valence-corrected chi connectivity index (χ0v) is 20.2. The second-order valence-electron chi connectivity index (χ2n) is 8.38. The van der Waals surface area contributed by atoms with Crippen molar-refractivity contribution < 1.29 is 24.2 Å². The molecule has 176 valence electrons. The van der Waals surface area contributed by atoms with Gasteiger partial charge in [-0.2, -0.15) is 0 Å². The Morgan fingerprint density at radius 3 is 2.27 bits per heavy atom. The molecule has 2 aromatic rings. The van der Waals surface area contributed by atoms with Gasteiger partial charge in [0.15, 0.2) is 5.75 Å². The molecule has 0 spiro atoms. The topological polar surface area (TPSA) is 72.8 Å². The van der Waals surface area contributed by atoms with Crippen molar-refractivity contribution in [1.29, 1.82) is 0 Å². The van der Waals surface area contributed by atoms with Crippen LogP contribution >= 0.6 is 0 Å². The highest BCUT2D eigenvalue weighted by atomic mass is 16.5. The van der Waals surface area contributed by atoms with Gasteiger partial charge in [0, 0.05) is 12.5 Å². The molecule has 33 heavy (non-hydrogen) atoms. The van der Waals surface area contributed by atoms with Crippen molar-refractivity contribution in [2.75, 3.05) is 7.11 Å². The van der Waals surface area contributed by atoms with Crippen LogP contribution in [0.25, 0.3) is 0 Å². The van der Waals surface area contributed by atoms with Gasteiger partial charge in [0.2, 0.25) is 0 Å². The summed E-state index contributed by atoms with van der Waals surface area (Å²) < 4.78 is 11.1. The highest BCUT2D eigenvalue weighted by molar-refractivity contribution is 5.95. The maximum absolute atomic E-state index is 12.3. The normalized spacial score (nSPS) is 11.1. The molecule has 2 aromatic carbocycles. The van der Waals surface area contributed by atoms with E-state index in [0.29, 0.717) is 36.1 Å². The van der Waals surface area contributed by atoms with Crippen LogP contribution in [0.1, 0.15) is 67.6 Å². The van der Waals surface area contributed by atoms with E-state index in [9.17, 15) is 14.7 Å². The summed E-state index contributed by atoms with van der Waals surface area (Å²) in [4.78, 5) is 24.2. The Hall–Kier alpha value is -3.34. The molecule has 0 saturated carbocycles. The van der Waals surface area contributed by atoms with E-state index in [1.807, 2.05) is 43.3 Å². The first kappa shape index (κ1) is 25.9. The third-order valence-corrected chi connectivity index (χ3v) is 5.38. The molecule has 0 unspecified atom stereocenters. The van der Waals surface area contributed by atoms with E-state index in [2.05, 4.69) is 19.9 Å². The number of methoxy groups -OCH3 is 1. The zero-order chi connectivity index (χ0) is 24.4. The molecule has 0 aliphatic heterocycles. The van der Waals surface area contributed by atoms with Crippen molar-refractivity contribution in [3.05, 3.63) is 82.0 Å². The van der Waals surface area contributed by atoms with Gasteiger partial charge in [-0.3, -0.25) is 4.79 Å². The second kappa shape index (κ2) is 12.6. The number of carboxylic acids is 1. The van der Waals surface area contributed by atoms with Crippen LogP contribution in [0.2, 0.25) is 0 Å². The fraction of sp³-hybridized carbons (Fsp3) is 0.357. The average molecular weight is 451 g/mol. The molecular weight excluding hydrogens is 416 g/mol. The van der Waals surface area contributed by atoms with E-state index in [0.717, 1.165) is 18.4 Å². The predicted molar refractivity (Wildman–Crippen MR) is 131 cm³/mol. The van der Waals surface area contributed by atoms with Gasteiger partial charge in [-0.25, -0.2) is 4.79 Å². The number of hydrogen-bond donors (Lipinski definition) is 1. The van der Waals surface area contributed by atoms with Gasteiger partial charge in [0.1, 0.15) is 11.3 Å². The van der Waals surface area contributed by atoms with Crippen molar-refractivity contribution in [1.82, 2.24) is 0 Å². The number of aryl methyl sites for hydroxylation is 2. The van der Waals surface area contributed by atoms with Crippen molar-refractivity contribution in [2.45, 2.75) is 59.8 Å². The molecule has 1 N–H and O–H groups in total. The van der Waals surface area contributed by atoms with Crippen molar-refractivity contribution in [2.24, 2.45) is 0 Å². The lowest BCUT2D eigenvalue weighted by molar-refractivity contribution is -0.131. The Balaban J connectivity index is 2.47. The third kappa shape index (κ3) is 7.94. The summed E-state index contributed by atoms with van der Waals surface area (Å²) in [6.45, 7) is 7.46. The Kier molecular flexibility index (Phi) is 9.92. The van der Waals surface area contributed by atoms with Crippen LogP contribution in [0.5, 0.6) is 11.5 Å². The van der Waals surface area contributed by atoms with Crippen LogP contribution in [0.3, 0.4) is 0 Å². The van der Waals surface area contributed by atoms with Crippen molar-refractivity contribution in [3.8, 4) is 11.5 Å². The number of esters is 1. The van der Waals surface area contributed by atoms with Crippen LogP contribution in [0.4, 0.5) is 0 Å². The Morgan fingerprint density at radius 2 is 1.70 bits per heavy atom. The minimum atomic E-state index is -1.12. The van der Waals surface area contributed by atoms with Crippen LogP contribution < -0.4 is 9.47 Å². The van der Waals surface area contributed by atoms with Crippen LogP contribution in [-0.4, -0.2) is 24.2 Å². The molecule has 0 aliphatic carbocycles. The van der Waals surface area contributed by atoms with E-state index in [4.69, 9.17) is 9.47 Å². The largest absolute Gasteiger partial charge is 0.496 e. The molecule has 2 rings (SSSR count). The first-order valence-electron chi connectivity index (χ1n) is 11.2. The molecule has 0 amide bonds. The molecule has 0 fully saturated rings. The van der Waals surface area contributed by atoms with Gasteiger partial charge < -0.3 is 14.6 Å². The second-order valence-corrected chi connectivity index (χ2v) is 8.38. The average Bonchev–Trinajstić information content (AvgIpc) is 2.76. The summed E-state index contributed by atoms with van der Waals surface area (Å²) in [6, 6.07) is 11.6. The Morgan fingerprint density at radius 1 is 1.00 bits per heavy atom. The fourth-order valence-electron chi connectivity index (χ4n) is 3.68. The molecule has 0 aliphatic rings. The fourth-order valence-corrected chi connectivity index (χ4v) is 3.68. The number of aromatic carboxylic acids is 1. The number of allylic oxidation sites excluding steroid dienone is 4. The summed E-state index contributed by atoms with van der Waals surface area (Å²) >= 11 is 0. The maximum atomic E-state index is 12.3. The molecule has 0 bridgehead atoms. The Labute approximate surface area is 196 Å². The summed E-state index contributed by atoms with van der Waals surface area (Å²) in [5.41, 5.74) is 4.71. The summed E-state index contributed by atoms with van der Waals surface area (Å²) in [7, 11) is 1.54. The van der Waals surface area contributed by atoms with E-state index < -0.39 is 11.9 Å². The zero-order valence-electron chi connectivity index (χ0n) is 20.2. The van der Waals surface area contributed by atoms with E-state index in [1.165, 1.54) is 18.1 Å². The van der Waals surface area contributed by atoms with Crippen molar-refractivity contribution >= 4 is 11.9 Å². The quantitative estimate of drug-likeness (QED) is 0.246. The lowest BCUT2D eigenvalue weighted by Gasteiger charge is -2.19. The van der Waals surface area contributed by atoms with E-state index in [1.54, 1.807) is 13.2 Å². The lowest BCUT2D eigenvalue weighted by atomic mass is 9.94. The molecule has 0 aromatic heterocycles. The molecule has 5 nitrogen and oxygen atoms in total. The first-order chi connectivity index (χ1) is 15.7. The number of rotatable bonds is 11. The molecule has 0 heterocycles. The van der Waals surface area contributed by atoms with Gasteiger partial charge in [-0.15, -0.1) is 0 Å². The molecule has 0 atom stereocenters. The number of hydrogen-bond acceptors (Lipinski definition) is 4. The standard InChI is InChI=1S/C28H34O5/c1-19(2)10-9-11-20(3)14-17-24-25(32-5)18-23(16-15-22-12-7-6-8-13-22)26(28(30)31)27(24)33-21(4)29/h6-8,10,12-14,18H,9,11,15-17H2,1-5H3,(H,30,31)/b20-14+. The third-order valence-electron chi connectivity index (χ3n) is 5.38. The Bertz CT molecular complexity index is 1030. The molecular formula is C28H34O5. The smallest absolute Gasteiger partial charge is 0.339 e. The van der Waals surface area contributed by atoms with Crippen LogP contribution in [-0.2, 0) is 24.1 Å². The van der Waals surface area contributed by atoms with Gasteiger partial charge in [-0.1, -0.05) is 53.6 Å². The SMILES string of the molecule is COc1cc(CCc2ccccc2)c(C(=O)O)c(OC(C)=O)c1C/C=C(\C)CCC=C(C)C. The van der Waals surface area contributed by atoms with Gasteiger partial charge in [0.05, 0.1) is 7.11 Å². The van der Waals surface area contributed by atoms with Gasteiger partial charge >= 0.3 is 11.9 Å². The summed E-state index contributed by atoms with van der Waals surface area (Å²) in [5.74, 6) is -1.09. The number of carbonyl (C=O) groups excluding carboxylic acids is 1. The predicted octanol–water partition coefficient (Wildman–Crippen LogP) is 6.34. The number of benzene rings is 2. The molecule has 0 radical (unpaired) electrons. The monoisotopic (exact) mass is 450 g/mol. The van der Waals surface area contributed by atoms with E-state index >= 15 is 0 Å². The number of carbonyl (C=O) groups is 2. The molecule has 0 saturated heterocycles. The highest BCUT2D eigenvalue weighted by Gasteiger charge is 2.25. The van der Waals surface area contributed by atoms with Crippen LogP contribution in [0.15, 0.2) is 59.7 Å². The number of ether oxygens (including phenoxy) is 2. The summed E-state index contributed by atoms with van der Waals surface area (Å²) in [5, 5.41) is 10.0. The first-order valence-corrected chi connectivity index (χ1v) is 11.2. The highest BCUT2D eigenvalue weighted by Crippen LogP contribution is 2.37.